The fraction of sp³-hybridized carbons (Fsp3) is 0. The predicted octanol–water partition coefficient (Wildman–Crippen LogP) is 4.00. The SMILES string of the molecule is c1ccn2ccnc2c1.c1ccn2cncc2c1.c1cnn2cccc2c1. The van der Waals surface area contributed by atoms with Crippen molar-refractivity contribution < 1.29 is 0 Å². The van der Waals surface area contributed by atoms with Crippen LogP contribution in [0.15, 0.2) is 110 Å². The molecule has 0 radical (unpaired) electrons. The van der Waals surface area contributed by atoms with Crippen molar-refractivity contribution in [1.29, 1.82) is 0 Å². The molecule has 132 valence electrons. The minimum atomic E-state index is 0.998. The van der Waals surface area contributed by atoms with E-state index in [1.165, 1.54) is 0 Å². The molecule has 0 fully saturated rings. The van der Waals surface area contributed by atoms with Gasteiger partial charge in [0.2, 0.25) is 0 Å². The van der Waals surface area contributed by atoms with Gasteiger partial charge in [0.05, 0.1) is 23.6 Å². The molecule has 6 aromatic heterocycles. The van der Waals surface area contributed by atoms with Gasteiger partial charge in [0.15, 0.2) is 0 Å². The van der Waals surface area contributed by atoms with Gasteiger partial charge in [0.25, 0.3) is 0 Å². The molecule has 0 saturated carbocycles. The van der Waals surface area contributed by atoms with E-state index < -0.39 is 0 Å². The van der Waals surface area contributed by atoms with Crippen LogP contribution in [0.2, 0.25) is 0 Å². The zero-order valence-electron chi connectivity index (χ0n) is 14.6. The Bertz CT molecular complexity index is 1000. The molecular formula is C21H18N6. The van der Waals surface area contributed by atoms with E-state index in [1.807, 2.05) is 105 Å². The largest absolute Gasteiger partial charge is 0.307 e. The number of imidazole rings is 2. The molecule has 6 heterocycles. The van der Waals surface area contributed by atoms with Gasteiger partial charge in [0, 0.05) is 37.2 Å². The highest BCUT2D eigenvalue weighted by Crippen LogP contribution is 1.99. The van der Waals surface area contributed by atoms with E-state index in [0.717, 1.165) is 16.7 Å². The summed E-state index contributed by atoms with van der Waals surface area (Å²) >= 11 is 0. The first-order chi connectivity index (χ1) is 13.4. The summed E-state index contributed by atoms with van der Waals surface area (Å²) in [6.07, 6.45) is 15.0. The van der Waals surface area contributed by atoms with Crippen LogP contribution in [0.25, 0.3) is 16.7 Å². The second kappa shape index (κ2) is 7.97. The summed E-state index contributed by atoms with van der Waals surface area (Å²) < 4.78 is 5.78. The van der Waals surface area contributed by atoms with E-state index in [-0.39, 0.29) is 0 Å². The van der Waals surface area contributed by atoms with Crippen molar-refractivity contribution in [1.82, 2.24) is 28.4 Å². The van der Waals surface area contributed by atoms with E-state index in [1.54, 1.807) is 18.7 Å². The topological polar surface area (TPSA) is 51.9 Å². The van der Waals surface area contributed by atoms with Crippen LogP contribution < -0.4 is 0 Å². The van der Waals surface area contributed by atoms with Gasteiger partial charge < -0.3 is 8.80 Å². The van der Waals surface area contributed by atoms with Crippen molar-refractivity contribution in [2.24, 2.45) is 0 Å². The molecule has 6 heteroatoms. The van der Waals surface area contributed by atoms with Crippen LogP contribution in [0, 0.1) is 0 Å². The van der Waals surface area contributed by atoms with E-state index >= 15 is 0 Å². The average Bonchev–Trinajstić information content (AvgIpc) is 3.48. The standard InChI is InChI=1S/3C7H6N2/c1-3-7-4-2-6-9(7)8-5-1;1-2-5-9-6-4-8-7(9)3-1;1-2-4-9-6-8-5-7(9)3-1/h3*1-6H. The maximum atomic E-state index is 4.08. The van der Waals surface area contributed by atoms with Crippen molar-refractivity contribution in [3.05, 3.63) is 110 Å². The summed E-state index contributed by atoms with van der Waals surface area (Å²) in [7, 11) is 0. The Balaban J connectivity index is 0.0000001000. The molecule has 0 N–H and O–H groups in total. The van der Waals surface area contributed by atoms with Gasteiger partial charge in [-0.2, -0.15) is 5.10 Å². The Morgan fingerprint density at radius 2 is 1.44 bits per heavy atom. The van der Waals surface area contributed by atoms with Crippen molar-refractivity contribution in [3.8, 4) is 0 Å². The molecule has 27 heavy (non-hydrogen) atoms. The molecule has 6 nitrogen and oxygen atoms in total. The van der Waals surface area contributed by atoms with Gasteiger partial charge in [-0.25, -0.2) is 14.5 Å². The fourth-order valence-electron chi connectivity index (χ4n) is 2.60. The first-order valence-corrected chi connectivity index (χ1v) is 8.53. The lowest BCUT2D eigenvalue weighted by Gasteiger charge is -1.87. The number of rotatable bonds is 0. The average molecular weight is 354 g/mol. The Kier molecular flexibility index (Phi) is 4.88. The summed E-state index contributed by atoms with van der Waals surface area (Å²) in [5, 5.41) is 4.06. The van der Waals surface area contributed by atoms with Gasteiger partial charge in [-0.1, -0.05) is 12.1 Å². The number of pyridine rings is 2. The summed E-state index contributed by atoms with van der Waals surface area (Å²) in [5.74, 6) is 0. The third-order valence-electron chi connectivity index (χ3n) is 3.93. The molecular weight excluding hydrogens is 336 g/mol. The quantitative estimate of drug-likeness (QED) is 0.414. The highest BCUT2D eigenvalue weighted by atomic mass is 15.2. The van der Waals surface area contributed by atoms with E-state index in [2.05, 4.69) is 15.1 Å². The van der Waals surface area contributed by atoms with Crippen molar-refractivity contribution in [2.45, 2.75) is 0 Å². The lowest BCUT2D eigenvalue weighted by atomic mass is 10.4. The Morgan fingerprint density at radius 1 is 0.630 bits per heavy atom. The molecule has 0 atom stereocenters. The molecule has 0 spiro atoms. The molecule has 0 unspecified atom stereocenters. The maximum Gasteiger partial charge on any atom is 0.136 e. The number of fused-ring (bicyclic) bond motifs is 3. The number of aromatic nitrogens is 6. The second-order valence-corrected chi connectivity index (χ2v) is 5.72. The van der Waals surface area contributed by atoms with Crippen LogP contribution in [-0.2, 0) is 0 Å². The molecule has 0 aliphatic heterocycles. The second-order valence-electron chi connectivity index (χ2n) is 5.72. The summed E-state index contributed by atoms with van der Waals surface area (Å²) in [6, 6.07) is 19.9. The molecule has 0 aromatic carbocycles. The number of hydrogen-bond acceptors (Lipinski definition) is 3. The smallest absolute Gasteiger partial charge is 0.136 e. The monoisotopic (exact) mass is 354 g/mol. The zero-order chi connectivity index (χ0) is 18.3. The van der Waals surface area contributed by atoms with Crippen molar-refractivity contribution in [2.75, 3.05) is 0 Å². The van der Waals surface area contributed by atoms with Gasteiger partial charge in [0.1, 0.15) is 5.65 Å². The normalized spacial score (nSPS) is 10.2. The van der Waals surface area contributed by atoms with Gasteiger partial charge in [-0.05, 0) is 48.5 Å². The molecule has 0 saturated heterocycles. The lowest BCUT2D eigenvalue weighted by molar-refractivity contribution is 0.941. The molecule has 0 amide bonds. The first kappa shape index (κ1) is 16.5. The minimum absolute atomic E-state index is 0.998. The molecule has 0 aliphatic rings. The maximum absolute atomic E-state index is 4.08. The van der Waals surface area contributed by atoms with Crippen LogP contribution in [0.5, 0.6) is 0 Å². The van der Waals surface area contributed by atoms with Crippen molar-refractivity contribution >= 4 is 16.7 Å². The predicted molar refractivity (Wildman–Crippen MR) is 106 cm³/mol. The van der Waals surface area contributed by atoms with E-state index in [0.29, 0.717) is 0 Å². The molecule has 6 aromatic rings. The first-order valence-electron chi connectivity index (χ1n) is 8.53. The van der Waals surface area contributed by atoms with Crippen LogP contribution in [0.3, 0.4) is 0 Å². The minimum Gasteiger partial charge on any atom is -0.307 e. The van der Waals surface area contributed by atoms with Crippen LogP contribution in [-0.4, -0.2) is 28.4 Å². The number of nitrogens with zero attached hydrogens (tertiary/aromatic N) is 6. The van der Waals surface area contributed by atoms with Gasteiger partial charge in [-0.3, -0.25) is 0 Å². The van der Waals surface area contributed by atoms with Crippen LogP contribution >= 0.6 is 0 Å². The van der Waals surface area contributed by atoms with E-state index in [4.69, 9.17) is 0 Å². The summed E-state index contributed by atoms with van der Waals surface area (Å²) in [5.41, 5.74) is 3.27. The van der Waals surface area contributed by atoms with Gasteiger partial charge in [-0.15, -0.1) is 0 Å². The fourth-order valence-corrected chi connectivity index (χ4v) is 2.60. The van der Waals surface area contributed by atoms with Gasteiger partial charge >= 0.3 is 0 Å². The third kappa shape index (κ3) is 4.01. The summed E-state index contributed by atoms with van der Waals surface area (Å²) in [6.45, 7) is 0. The highest BCUT2D eigenvalue weighted by molar-refractivity contribution is 5.45. The lowest BCUT2D eigenvalue weighted by Crippen LogP contribution is -1.84. The Hall–Kier alpha value is -3.93. The molecule has 0 bridgehead atoms. The Labute approximate surface area is 156 Å². The zero-order valence-corrected chi connectivity index (χ0v) is 14.6. The van der Waals surface area contributed by atoms with Crippen LogP contribution in [0.1, 0.15) is 0 Å². The third-order valence-corrected chi connectivity index (χ3v) is 3.93. The molecule has 0 aliphatic carbocycles. The van der Waals surface area contributed by atoms with Crippen molar-refractivity contribution in [3.63, 3.8) is 0 Å². The molecule has 6 rings (SSSR count). The van der Waals surface area contributed by atoms with E-state index in [9.17, 15) is 0 Å². The van der Waals surface area contributed by atoms with Crippen LogP contribution in [0.4, 0.5) is 0 Å². The summed E-state index contributed by atoms with van der Waals surface area (Å²) in [4.78, 5) is 8.05. The Morgan fingerprint density at radius 3 is 2.30 bits per heavy atom. The number of hydrogen-bond donors (Lipinski definition) is 0. The highest BCUT2D eigenvalue weighted by Gasteiger charge is 1.87.